The summed E-state index contributed by atoms with van der Waals surface area (Å²) in [7, 11) is -2.23. The lowest BCUT2D eigenvalue weighted by Crippen LogP contribution is -2.30. The fraction of sp³-hybridized carbons (Fsp3) is 0.462. The SMILES string of the molecule is COCc1cc(Cl)cc(S(=O)(=O)N2CCC(C(=O)O)C2)c1. The molecule has 1 aliphatic rings. The highest BCUT2D eigenvalue weighted by atomic mass is 35.5. The molecule has 1 aromatic carbocycles. The standard InChI is InChI=1S/C13H16ClNO5S/c1-20-8-9-4-11(14)6-12(5-9)21(18,19)15-3-2-10(7-15)13(16)17/h4-6,10H,2-3,7-8H2,1H3,(H,16,17). The molecule has 0 saturated carbocycles. The molecule has 0 radical (unpaired) electrons. The van der Waals surface area contributed by atoms with E-state index >= 15 is 0 Å². The van der Waals surface area contributed by atoms with Crippen LogP contribution in [0.5, 0.6) is 0 Å². The van der Waals surface area contributed by atoms with Crippen LogP contribution in [0.1, 0.15) is 12.0 Å². The van der Waals surface area contributed by atoms with Gasteiger partial charge in [0.05, 0.1) is 17.4 Å². The molecule has 8 heteroatoms. The lowest BCUT2D eigenvalue weighted by Gasteiger charge is -2.17. The van der Waals surface area contributed by atoms with Gasteiger partial charge in [-0.15, -0.1) is 0 Å². The molecular weight excluding hydrogens is 318 g/mol. The summed E-state index contributed by atoms with van der Waals surface area (Å²) in [5.41, 5.74) is 0.651. The van der Waals surface area contributed by atoms with Crippen molar-refractivity contribution in [3.8, 4) is 0 Å². The van der Waals surface area contributed by atoms with Gasteiger partial charge in [0.2, 0.25) is 10.0 Å². The number of carboxylic acid groups (broad SMARTS) is 1. The third-order valence-corrected chi connectivity index (χ3v) is 5.44. The molecule has 116 valence electrons. The lowest BCUT2D eigenvalue weighted by molar-refractivity contribution is -0.141. The molecule has 0 spiro atoms. The molecule has 0 aliphatic carbocycles. The maximum Gasteiger partial charge on any atom is 0.307 e. The topological polar surface area (TPSA) is 83.9 Å². The summed E-state index contributed by atoms with van der Waals surface area (Å²) in [5.74, 6) is -1.63. The van der Waals surface area contributed by atoms with E-state index in [1.54, 1.807) is 6.07 Å². The van der Waals surface area contributed by atoms with Crippen molar-refractivity contribution in [3.63, 3.8) is 0 Å². The van der Waals surface area contributed by atoms with E-state index in [1.165, 1.54) is 23.5 Å². The van der Waals surface area contributed by atoms with Crippen molar-refractivity contribution in [2.45, 2.75) is 17.9 Å². The normalized spacial score (nSPS) is 19.8. The van der Waals surface area contributed by atoms with Gasteiger partial charge in [0.1, 0.15) is 0 Å². The fourth-order valence-corrected chi connectivity index (χ4v) is 4.24. The van der Waals surface area contributed by atoms with Gasteiger partial charge in [-0.2, -0.15) is 4.31 Å². The summed E-state index contributed by atoms with van der Waals surface area (Å²) >= 11 is 5.94. The summed E-state index contributed by atoms with van der Waals surface area (Å²) in [4.78, 5) is 11.0. The molecule has 1 atom stereocenters. The second-order valence-corrected chi connectivity index (χ2v) is 7.29. The number of methoxy groups -OCH3 is 1. The minimum atomic E-state index is -3.74. The van der Waals surface area contributed by atoms with Crippen molar-refractivity contribution >= 4 is 27.6 Å². The van der Waals surface area contributed by atoms with Crippen molar-refractivity contribution < 1.29 is 23.1 Å². The molecule has 21 heavy (non-hydrogen) atoms. The van der Waals surface area contributed by atoms with E-state index in [2.05, 4.69) is 0 Å². The van der Waals surface area contributed by atoms with Crippen LogP contribution in [-0.2, 0) is 26.2 Å². The van der Waals surface area contributed by atoms with Gasteiger partial charge in [-0.1, -0.05) is 11.6 Å². The zero-order chi connectivity index (χ0) is 15.6. The van der Waals surface area contributed by atoms with Crippen LogP contribution < -0.4 is 0 Å². The highest BCUT2D eigenvalue weighted by molar-refractivity contribution is 7.89. The Morgan fingerprint density at radius 1 is 1.48 bits per heavy atom. The number of aliphatic carboxylic acids is 1. The number of hydrogen-bond acceptors (Lipinski definition) is 4. The minimum Gasteiger partial charge on any atom is -0.481 e. The summed E-state index contributed by atoms with van der Waals surface area (Å²) in [6, 6.07) is 4.50. The van der Waals surface area contributed by atoms with Crippen LogP contribution in [0.4, 0.5) is 0 Å². The van der Waals surface area contributed by atoms with E-state index < -0.39 is 21.9 Å². The number of rotatable bonds is 5. The van der Waals surface area contributed by atoms with Crippen LogP contribution >= 0.6 is 11.6 Å². The zero-order valence-corrected chi connectivity index (χ0v) is 13.0. The molecule has 0 aromatic heterocycles. The smallest absolute Gasteiger partial charge is 0.307 e. The van der Waals surface area contributed by atoms with E-state index in [0.717, 1.165) is 0 Å². The van der Waals surface area contributed by atoms with Crippen LogP contribution in [0.3, 0.4) is 0 Å². The molecule has 2 rings (SSSR count). The molecule has 1 fully saturated rings. The minimum absolute atomic E-state index is 0.0101. The van der Waals surface area contributed by atoms with Gasteiger partial charge < -0.3 is 9.84 Å². The second-order valence-electron chi connectivity index (χ2n) is 4.92. The van der Waals surface area contributed by atoms with Crippen molar-refractivity contribution in [1.29, 1.82) is 0 Å². The van der Waals surface area contributed by atoms with Crippen molar-refractivity contribution in [2.75, 3.05) is 20.2 Å². The first-order valence-electron chi connectivity index (χ1n) is 6.36. The second kappa shape index (κ2) is 6.31. The fourth-order valence-electron chi connectivity index (χ4n) is 2.32. The van der Waals surface area contributed by atoms with Crippen LogP contribution in [0.25, 0.3) is 0 Å². The molecule has 1 unspecified atom stereocenters. The Balaban J connectivity index is 2.30. The Labute approximate surface area is 128 Å². The Hall–Kier alpha value is -1.15. The molecule has 0 amide bonds. The van der Waals surface area contributed by atoms with Gasteiger partial charge in [-0.05, 0) is 30.2 Å². The van der Waals surface area contributed by atoms with E-state index in [4.69, 9.17) is 21.4 Å². The predicted octanol–water partition coefficient (Wildman–Crippen LogP) is 1.58. The summed E-state index contributed by atoms with van der Waals surface area (Å²) in [5, 5.41) is 9.27. The van der Waals surface area contributed by atoms with E-state index in [9.17, 15) is 13.2 Å². The zero-order valence-electron chi connectivity index (χ0n) is 11.5. The molecule has 1 aromatic rings. The maximum atomic E-state index is 12.5. The van der Waals surface area contributed by atoms with E-state index in [-0.39, 0.29) is 24.6 Å². The molecule has 0 bridgehead atoms. The molecule has 1 heterocycles. The van der Waals surface area contributed by atoms with Gasteiger partial charge in [0.15, 0.2) is 0 Å². The number of benzene rings is 1. The van der Waals surface area contributed by atoms with E-state index in [1.807, 2.05) is 0 Å². The predicted molar refractivity (Wildman–Crippen MR) is 76.7 cm³/mol. The molecule has 1 N–H and O–H groups in total. The highest BCUT2D eigenvalue weighted by Crippen LogP contribution is 2.27. The van der Waals surface area contributed by atoms with Gasteiger partial charge >= 0.3 is 5.97 Å². The molecule has 1 aliphatic heterocycles. The Bertz CT molecular complexity index is 646. The number of carboxylic acids is 1. The number of nitrogens with zero attached hydrogens (tertiary/aromatic N) is 1. The Kier molecular flexibility index (Phi) is 4.88. The summed E-state index contributed by atoms with van der Waals surface area (Å²) < 4.78 is 31.3. The van der Waals surface area contributed by atoms with Crippen molar-refractivity contribution in [3.05, 3.63) is 28.8 Å². The van der Waals surface area contributed by atoms with Crippen LogP contribution in [-0.4, -0.2) is 44.0 Å². The first-order chi connectivity index (χ1) is 9.84. The van der Waals surface area contributed by atoms with Gasteiger partial charge in [0, 0.05) is 25.2 Å². The average Bonchev–Trinajstić information content (AvgIpc) is 2.88. The highest BCUT2D eigenvalue weighted by Gasteiger charge is 2.36. The Morgan fingerprint density at radius 3 is 2.76 bits per heavy atom. The molecule has 6 nitrogen and oxygen atoms in total. The monoisotopic (exact) mass is 333 g/mol. The largest absolute Gasteiger partial charge is 0.481 e. The van der Waals surface area contributed by atoms with Crippen LogP contribution in [0.15, 0.2) is 23.1 Å². The Morgan fingerprint density at radius 2 is 2.19 bits per heavy atom. The summed E-state index contributed by atoms with van der Waals surface area (Å²) in [6.07, 6.45) is 0.320. The summed E-state index contributed by atoms with van der Waals surface area (Å²) in [6.45, 7) is 0.441. The average molecular weight is 334 g/mol. The third-order valence-electron chi connectivity index (χ3n) is 3.38. The number of halogens is 1. The number of ether oxygens (including phenoxy) is 1. The quantitative estimate of drug-likeness (QED) is 0.884. The first kappa shape index (κ1) is 16.2. The molecule has 1 saturated heterocycles. The number of carbonyl (C=O) groups is 1. The van der Waals surface area contributed by atoms with Gasteiger partial charge in [0.25, 0.3) is 0 Å². The van der Waals surface area contributed by atoms with Gasteiger partial charge in [-0.25, -0.2) is 8.42 Å². The number of hydrogen-bond donors (Lipinski definition) is 1. The molecular formula is C13H16ClNO5S. The van der Waals surface area contributed by atoms with Gasteiger partial charge in [-0.3, -0.25) is 4.79 Å². The third kappa shape index (κ3) is 3.55. The first-order valence-corrected chi connectivity index (χ1v) is 8.17. The maximum absolute atomic E-state index is 12.5. The van der Waals surface area contributed by atoms with Crippen molar-refractivity contribution in [2.24, 2.45) is 5.92 Å². The van der Waals surface area contributed by atoms with E-state index in [0.29, 0.717) is 17.0 Å². The van der Waals surface area contributed by atoms with Crippen LogP contribution in [0, 0.1) is 5.92 Å². The lowest BCUT2D eigenvalue weighted by atomic mass is 10.1. The van der Waals surface area contributed by atoms with Crippen molar-refractivity contribution in [1.82, 2.24) is 4.31 Å². The van der Waals surface area contributed by atoms with Crippen LogP contribution in [0.2, 0.25) is 5.02 Å². The number of sulfonamides is 1.